The van der Waals surface area contributed by atoms with Crippen LogP contribution in [0, 0.1) is 21.4 Å². The molecule has 0 radical (unpaired) electrons. The lowest BCUT2D eigenvalue weighted by Gasteiger charge is -2.05. The van der Waals surface area contributed by atoms with Gasteiger partial charge in [0.05, 0.1) is 22.2 Å². The second-order valence-corrected chi connectivity index (χ2v) is 3.67. The highest BCUT2D eigenvalue weighted by Gasteiger charge is 2.16. The standard InChI is InChI=1S/C14H9N3O2/c15-9-3-7-13-11(6-4-10-16-13)12-5-1-2-8-14(12)17(18)19/h1-8,10H/b7-3-. The Morgan fingerprint density at radius 3 is 2.68 bits per heavy atom. The molecule has 2 rings (SSSR count). The van der Waals surface area contributed by atoms with Gasteiger partial charge >= 0.3 is 0 Å². The van der Waals surface area contributed by atoms with Crippen molar-refractivity contribution >= 4 is 11.8 Å². The minimum atomic E-state index is -0.430. The number of allylic oxidation sites excluding steroid dienone is 1. The Morgan fingerprint density at radius 2 is 1.95 bits per heavy atom. The molecule has 0 unspecified atom stereocenters. The summed E-state index contributed by atoms with van der Waals surface area (Å²) >= 11 is 0. The van der Waals surface area contributed by atoms with Gasteiger partial charge in [0.2, 0.25) is 0 Å². The fraction of sp³-hybridized carbons (Fsp3) is 0. The summed E-state index contributed by atoms with van der Waals surface area (Å²) in [6.45, 7) is 0. The van der Waals surface area contributed by atoms with Gasteiger partial charge in [-0.1, -0.05) is 18.2 Å². The van der Waals surface area contributed by atoms with E-state index in [0.29, 0.717) is 16.8 Å². The smallest absolute Gasteiger partial charge is 0.258 e. The Morgan fingerprint density at radius 1 is 1.21 bits per heavy atom. The Labute approximate surface area is 109 Å². The molecule has 0 aliphatic carbocycles. The number of nitrogens with zero attached hydrogens (tertiary/aromatic N) is 3. The van der Waals surface area contributed by atoms with Crippen LogP contribution in [0.3, 0.4) is 0 Å². The predicted octanol–water partition coefficient (Wildman–Crippen LogP) is 3.19. The zero-order chi connectivity index (χ0) is 13.7. The van der Waals surface area contributed by atoms with Crippen LogP contribution in [0.15, 0.2) is 48.7 Å². The molecule has 92 valence electrons. The van der Waals surface area contributed by atoms with E-state index in [4.69, 9.17) is 5.26 Å². The first-order valence-corrected chi connectivity index (χ1v) is 5.49. The van der Waals surface area contributed by atoms with Gasteiger partial charge in [0.15, 0.2) is 0 Å². The van der Waals surface area contributed by atoms with Crippen molar-refractivity contribution in [1.29, 1.82) is 5.26 Å². The Hall–Kier alpha value is -3.00. The maximum atomic E-state index is 11.0. The van der Waals surface area contributed by atoms with Crippen molar-refractivity contribution in [3.8, 4) is 17.2 Å². The van der Waals surface area contributed by atoms with Gasteiger partial charge < -0.3 is 0 Å². The number of hydrogen-bond acceptors (Lipinski definition) is 4. The second kappa shape index (κ2) is 5.56. The quantitative estimate of drug-likeness (QED) is 0.476. The highest BCUT2D eigenvalue weighted by atomic mass is 16.6. The highest BCUT2D eigenvalue weighted by Crippen LogP contribution is 2.31. The predicted molar refractivity (Wildman–Crippen MR) is 71.0 cm³/mol. The number of nitro groups is 1. The summed E-state index contributed by atoms with van der Waals surface area (Å²) in [5.74, 6) is 0. The first kappa shape index (κ1) is 12.5. The van der Waals surface area contributed by atoms with Crippen LogP contribution in [0.25, 0.3) is 17.2 Å². The minimum absolute atomic E-state index is 0.0158. The molecule has 19 heavy (non-hydrogen) atoms. The van der Waals surface area contributed by atoms with Crippen LogP contribution in [0.5, 0.6) is 0 Å². The summed E-state index contributed by atoms with van der Waals surface area (Å²) in [6.07, 6.45) is 4.40. The molecule has 0 aliphatic rings. The summed E-state index contributed by atoms with van der Waals surface area (Å²) in [6, 6.07) is 11.8. The molecule has 0 saturated heterocycles. The van der Waals surface area contributed by atoms with E-state index >= 15 is 0 Å². The molecule has 5 heteroatoms. The number of nitriles is 1. The fourth-order valence-electron chi connectivity index (χ4n) is 1.75. The summed E-state index contributed by atoms with van der Waals surface area (Å²) in [4.78, 5) is 14.7. The number of para-hydroxylation sites is 1. The van der Waals surface area contributed by atoms with Crippen LogP contribution in [0.2, 0.25) is 0 Å². The molecule has 1 aromatic carbocycles. The number of nitro benzene ring substituents is 1. The third-order valence-corrected chi connectivity index (χ3v) is 2.55. The van der Waals surface area contributed by atoms with Crippen molar-refractivity contribution in [2.45, 2.75) is 0 Å². The summed E-state index contributed by atoms with van der Waals surface area (Å²) < 4.78 is 0. The average Bonchev–Trinajstić information content (AvgIpc) is 2.45. The van der Waals surface area contributed by atoms with Crippen molar-refractivity contribution in [3.63, 3.8) is 0 Å². The van der Waals surface area contributed by atoms with Crippen molar-refractivity contribution in [2.24, 2.45) is 0 Å². The van der Waals surface area contributed by atoms with E-state index in [1.54, 1.807) is 36.5 Å². The zero-order valence-corrected chi connectivity index (χ0v) is 9.85. The Bertz CT molecular complexity index is 687. The van der Waals surface area contributed by atoms with E-state index in [-0.39, 0.29) is 5.69 Å². The molecule has 0 bridgehead atoms. The fourth-order valence-corrected chi connectivity index (χ4v) is 1.75. The van der Waals surface area contributed by atoms with E-state index in [2.05, 4.69) is 4.98 Å². The molecule has 0 spiro atoms. The molecule has 5 nitrogen and oxygen atoms in total. The number of aromatic nitrogens is 1. The van der Waals surface area contributed by atoms with Crippen LogP contribution < -0.4 is 0 Å². The normalized spacial score (nSPS) is 10.3. The molecule has 1 aromatic heterocycles. The van der Waals surface area contributed by atoms with Gasteiger partial charge in [0.1, 0.15) is 0 Å². The molecule has 0 N–H and O–H groups in total. The SMILES string of the molecule is N#C/C=C\c1ncccc1-c1ccccc1[N+](=O)[O-]. The molecule has 0 aliphatic heterocycles. The molecular weight excluding hydrogens is 242 g/mol. The summed E-state index contributed by atoms with van der Waals surface area (Å²) in [5, 5.41) is 19.6. The summed E-state index contributed by atoms with van der Waals surface area (Å²) in [7, 11) is 0. The van der Waals surface area contributed by atoms with Crippen molar-refractivity contribution in [1.82, 2.24) is 4.98 Å². The number of pyridine rings is 1. The molecule has 2 aromatic rings. The van der Waals surface area contributed by atoms with Crippen LogP contribution >= 0.6 is 0 Å². The van der Waals surface area contributed by atoms with Crippen LogP contribution in [-0.4, -0.2) is 9.91 Å². The van der Waals surface area contributed by atoms with Crippen LogP contribution in [0.4, 0.5) is 5.69 Å². The lowest BCUT2D eigenvalue weighted by Crippen LogP contribution is -1.94. The third-order valence-electron chi connectivity index (χ3n) is 2.55. The summed E-state index contributed by atoms with van der Waals surface area (Å²) in [5.41, 5.74) is 1.65. The van der Waals surface area contributed by atoms with Crippen molar-refractivity contribution in [2.75, 3.05) is 0 Å². The average molecular weight is 251 g/mol. The number of rotatable bonds is 3. The Kier molecular flexibility index (Phi) is 3.64. The maximum Gasteiger partial charge on any atom is 0.277 e. The Balaban J connectivity index is 2.63. The first-order valence-electron chi connectivity index (χ1n) is 5.49. The van der Waals surface area contributed by atoms with E-state index < -0.39 is 4.92 Å². The maximum absolute atomic E-state index is 11.0. The zero-order valence-electron chi connectivity index (χ0n) is 9.85. The third kappa shape index (κ3) is 2.64. The van der Waals surface area contributed by atoms with Crippen molar-refractivity contribution in [3.05, 3.63) is 64.5 Å². The lowest BCUT2D eigenvalue weighted by molar-refractivity contribution is -0.384. The van der Waals surface area contributed by atoms with Gasteiger partial charge in [-0.25, -0.2) is 0 Å². The van der Waals surface area contributed by atoms with E-state index in [1.807, 2.05) is 6.07 Å². The minimum Gasteiger partial charge on any atom is -0.258 e. The van der Waals surface area contributed by atoms with Crippen molar-refractivity contribution < 1.29 is 4.92 Å². The topological polar surface area (TPSA) is 79.8 Å². The largest absolute Gasteiger partial charge is 0.277 e. The lowest BCUT2D eigenvalue weighted by atomic mass is 10.0. The monoisotopic (exact) mass is 251 g/mol. The van der Waals surface area contributed by atoms with Crippen LogP contribution in [0.1, 0.15) is 5.69 Å². The first-order chi connectivity index (χ1) is 9.24. The van der Waals surface area contributed by atoms with Gasteiger partial charge in [-0.05, 0) is 18.2 Å². The van der Waals surface area contributed by atoms with Gasteiger partial charge in [-0.3, -0.25) is 15.1 Å². The molecular formula is C14H9N3O2. The van der Waals surface area contributed by atoms with E-state index in [9.17, 15) is 10.1 Å². The highest BCUT2D eigenvalue weighted by molar-refractivity contribution is 5.79. The number of hydrogen-bond donors (Lipinski definition) is 0. The van der Waals surface area contributed by atoms with Gasteiger partial charge in [0.25, 0.3) is 5.69 Å². The van der Waals surface area contributed by atoms with E-state index in [0.717, 1.165) is 0 Å². The molecule has 0 atom stereocenters. The van der Waals surface area contributed by atoms with Gasteiger partial charge in [0, 0.05) is 23.9 Å². The van der Waals surface area contributed by atoms with Crippen LogP contribution in [-0.2, 0) is 0 Å². The second-order valence-electron chi connectivity index (χ2n) is 3.67. The van der Waals surface area contributed by atoms with E-state index in [1.165, 1.54) is 18.2 Å². The number of benzene rings is 1. The van der Waals surface area contributed by atoms with Gasteiger partial charge in [-0.2, -0.15) is 5.26 Å². The molecule has 0 amide bonds. The van der Waals surface area contributed by atoms with Gasteiger partial charge in [-0.15, -0.1) is 0 Å². The molecule has 0 saturated carbocycles. The molecule has 0 fully saturated rings. The molecule has 1 heterocycles.